The number of likely N-dealkylation sites (tertiary alicyclic amines) is 1. The van der Waals surface area contributed by atoms with Crippen LogP contribution in [-0.4, -0.2) is 29.9 Å². The van der Waals surface area contributed by atoms with Crippen molar-refractivity contribution in [3.63, 3.8) is 0 Å². The maximum absolute atomic E-state index is 11.9. The highest BCUT2D eigenvalue weighted by Crippen LogP contribution is 2.18. The summed E-state index contributed by atoms with van der Waals surface area (Å²) in [5.74, 6) is 1.00. The lowest BCUT2D eigenvalue weighted by Crippen LogP contribution is -2.39. The summed E-state index contributed by atoms with van der Waals surface area (Å²) >= 11 is 0. The van der Waals surface area contributed by atoms with Gasteiger partial charge in [0.05, 0.1) is 0 Å². The molecule has 1 heterocycles. The lowest BCUT2D eigenvalue weighted by molar-refractivity contribution is -0.132. The SMILES string of the molecule is CC(C)CCCC(=O)N1CCCC1CN. The fourth-order valence-corrected chi connectivity index (χ4v) is 2.21. The van der Waals surface area contributed by atoms with Gasteiger partial charge in [-0.05, 0) is 25.2 Å². The van der Waals surface area contributed by atoms with Crippen LogP contribution in [0.3, 0.4) is 0 Å². The van der Waals surface area contributed by atoms with Gasteiger partial charge in [0, 0.05) is 25.6 Å². The van der Waals surface area contributed by atoms with E-state index in [-0.39, 0.29) is 0 Å². The number of hydrogen-bond donors (Lipinski definition) is 1. The van der Waals surface area contributed by atoms with E-state index in [0.717, 1.165) is 32.2 Å². The number of amides is 1. The van der Waals surface area contributed by atoms with Crippen molar-refractivity contribution >= 4 is 5.91 Å². The summed E-state index contributed by atoms with van der Waals surface area (Å²) < 4.78 is 0. The largest absolute Gasteiger partial charge is 0.338 e. The molecule has 3 nitrogen and oxygen atoms in total. The Morgan fingerprint density at radius 2 is 2.27 bits per heavy atom. The number of carbonyl (C=O) groups excluding carboxylic acids is 1. The average Bonchev–Trinajstić information content (AvgIpc) is 2.64. The second-order valence-electron chi connectivity index (χ2n) is 4.90. The minimum Gasteiger partial charge on any atom is -0.338 e. The summed E-state index contributed by atoms with van der Waals surface area (Å²) in [7, 11) is 0. The fourth-order valence-electron chi connectivity index (χ4n) is 2.21. The molecular formula is C12H24N2O. The Labute approximate surface area is 93.0 Å². The number of nitrogens with zero attached hydrogens (tertiary/aromatic N) is 1. The van der Waals surface area contributed by atoms with Crippen molar-refractivity contribution < 1.29 is 4.79 Å². The highest BCUT2D eigenvalue weighted by molar-refractivity contribution is 5.76. The quantitative estimate of drug-likeness (QED) is 0.755. The topological polar surface area (TPSA) is 46.3 Å². The molecule has 88 valence electrons. The Kier molecular flexibility index (Phi) is 5.09. The smallest absolute Gasteiger partial charge is 0.222 e. The van der Waals surface area contributed by atoms with Crippen LogP contribution in [0, 0.1) is 5.92 Å². The Balaban J connectivity index is 2.27. The van der Waals surface area contributed by atoms with Gasteiger partial charge in [-0.15, -0.1) is 0 Å². The van der Waals surface area contributed by atoms with Gasteiger partial charge >= 0.3 is 0 Å². The van der Waals surface area contributed by atoms with Crippen molar-refractivity contribution in [1.82, 2.24) is 4.90 Å². The van der Waals surface area contributed by atoms with Gasteiger partial charge in [0.2, 0.25) is 5.91 Å². The van der Waals surface area contributed by atoms with Gasteiger partial charge in [0.15, 0.2) is 0 Å². The summed E-state index contributed by atoms with van der Waals surface area (Å²) in [5.41, 5.74) is 5.64. The number of rotatable bonds is 5. The molecule has 0 saturated carbocycles. The van der Waals surface area contributed by atoms with E-state index in [1.807, 2.05) is 4.90 Å². The van der Waals surface area contributed by atoms with Crippen LogP contribution >= 0.6 is 0 Å². The summed E-state index contributed by atoms with van der Waals surface area (Å²) in [6.45, 7) is 5.93. The standard InChI is InChI=1S/C12H24N2O/c1-10(2)5-3-7-12(15)14-8-4-6-11(14)9-13/h10-11H,3-9,13H2,1-2H3. The van der Waals surface area contributed by atoms with E-state index in [1.54, 1.807) is 0 Å². The zero-order valence-electron chi connectivity index (χ0n) is 10.0. The number of nitrogens with two attached hydrogens (primary N) is 1. The number of carbonyl (C=O) groups is 1. The van der Waals surface area contributed by atoms with E-state index in [4.69, 9.17) is 5.73 Å². The van der Waals surface area contributed by atoms with Crippen molar-refractivity contribution in [2.24, 2.45) is 11.7 Å². The third-order valence-electron chi connectivity index (χ3n) is 3.14. The molecule has 0 aromatic heterocycles. The van der Waals surface area contributed by atoms with Crippen molar-refractivity contribution in [2.75, 3.05) is 13.1 Å². The molecule has 3 heteroatoms. The Morgan fingerprint density at radius 3 is 2.87 bits per heavy atom. The molecule has 2 N–H and O–H groups in total. The Morgan fingerprint density at radius 1 is 1.53 bits per heavy atom. The molecule has 1 saturated heterocycles. The van der Waals surface area contributed by atoms with Crippen LogP contribution in [0.25, 0.3) is 0 Å². The summed E-state index contributed by atoms with van der Waals surface area (Å²) in [5, 5.41) is 0. The molecule has 15 heavy (non-hydrogen) atoms. The van der Waals surface area contributed by atoms with Gasteiger partial charge in [0.1, 0.15) is 0 Å². The van der Waals surface area contributed by atoms with E-state index in [9.17, 15) is 4.79 Å². The predicted molar refractivity (Wildman–Crippen MR) is 62.5 cm³/mol. The van der Waals surface area contributed by atoms with Crippen molar-refractivity contribution in [2.45, 2.75) is 52.0 Å². The second-order valence-corrected chi connectivity index (χ2v) is 4.90. The van der Waals surface area contributed by atoms with Gasteiger partial charge in [-0.25, -0.2) is 0 Å². The van der Waals surface area contributed by atoms with Gasteiger partial charge in [-0.3, -0.25) is 4.79 Å². The Hall–Kier alpha value is -0.570. The first-order chi connectivity index (χ1) is 7.15. The zero-order chi connectivity index (χ0) is 11.3. The van der Waals surface area contributed by atoms with Crippen LogP contribution in [0.5, 0.6) is 0 Å². The first-order valence-electron chi connectivity index (χ1n) is 6.14. The van der Waals surface area contributed by atoms with E-state index in [0.29, 0.717) is 30.8 Å². The minimum absolute atomic E-state index is 0.309. The van der Waals surface area contributed by atoms with Crippen LogP contribution in [0.1, 0.15) is 46.0 Å². The van der Waals surface area contributed by atoms with Crippen LogP contribution in [-0.2, 0) is 4.79 Å². The average molecular weight is 212 g/mol. The summed E-state index contributed by atoms with van der Waals surface area (Å²) in [6.07, 6.45) is 5.08. The first kappa shape index (κ1) is 12.5. The Bertz CT molecular complexity index is 204. The normalized spacial score (nSPS) is 21.3. The van der Waals surface area contributed by atoms with Crippen LogP contribution in [0.2, 0.25) is 0 Å². The molecular weight excluding hydrogens is 188 g/mol. The molecule has 1 fully saturated rings. The summed E-state index contributed by atoms with van der Waals surface area (Å²) in [4.78, 5) is 13.9. The van der Waals surface area contributed by atoms with E-state index < -0.39 is 0 Å². The second kappa shape index (κ2) is 6.11. The molecule has 1 rings (SSSR count). The lowest BCUT2D eigenvalue weighted by atomic mass is 10.1. The van der Waals surface area contributed by atoms with Crippen molar-refractivity contribution in [1.29, 1.82) is 0 Å². The summed E-state index contributed by atoms with van der Waals surface area (Å²) in [6, 6.07) is 0.316. The van der Waals surface area contributed by atoms with Crippen LogP contribution in [0.4, 0.5) is 0 Å². The minimum atomic E-state index is 0.309. The fraction of sp³-hybridized carbons (Fsp3) is 0.917. The van der Waals surface area contributed by atoms with Gasteiger partial charge in [-0.2, -0.15) is 0 Å². The van der Waals surface area contributed by atoms with Crippen LogP contribution in [0.15, 0.2) is 0 Å². The zero-order valence-corrected chi connectivity index (χ0v) is 10.0. The molecule has 1 aliphatic rings. The van der Waals surface area contributed by atoms with E-state index in [1.165, 1.54) is 0 Å². The molecule has 0 aromatic carbocycles. The molecule has 1 aliphatic heterocycles. The molecule has 1 unspecified atom stereocenters. The van der Waals surface area contributed by atoms with Gasteiger partial charge in [0.25, 0.3) is 0 Å². The monoisotopic (exact) mass is 212 g/mol. The molecule has 0 bridgehead atoms. The molecule has 1 amide bonds. The van der Waals surface area contributed by atoms with Crippen molar-refractivity contribution in [3.8, 4) is 0 Å². The molecule has 0 spiro atoms. The maximum Gasteiger partial charge on any atom is 0.222 e. The first-order valence-corrected chi connectivity index (χ1v) is 6.14. The highest BCUT2D eigenvalue weighted by Gasteiger charge is 2.26. The molecule has 0 radical (unpaired) electrons. The molecule has 0 aliphatic carbocycles. The maximum atomic E-state index is 11.9. The third-order valence-corrected chi connectivity index (χ3v) is 3.14. The number of hydrogen-bond acceptors (Lipinski definition) is 2. The lowest BCUT2D eigenvalue weighted by Gasteiger charge is -2.23. The van der Waals surface area contributed by atoms with Crippen LogP contribution < -0.4 is 5.73 Å². The molecule has 0 aromatic rings. The molecule has 1 atom stereocenters. The predicted octanol–water partition coefficient (Wildman–Crippen LogP) is 1.76. The van der Waals surface area contributed by atoms with E-state index >= 15 is 0 Å². The van der Waals surface area contributed by atoms with Gasteiger partial charge < -0.3 is 10.6 Å². The highest BCUT2D eigenvalue weighted by atomic mass is 16.2. The van der Waals surface area contributed by atoms with Gasteiger partial charge in [-0.1, -0.05) is 20.3 Å². The third kappa shape index (κ3) is 3.82. The van der Waals surface area contributed by atoms with Crippen molar-refractivity contribution in [3.05, 3.63) is 0 Å². The van der Waals surface area contributed by atoms with E-state index in [2.05, 4.69) is 13.8 Å².